The molecule has 0 radical (unpaired) electrons. The van der Waals surface area contributed by atoms with Crippen molar-refractivity contribution in [2.24, 2.45) is 5.92 Å². The van der Waals surface area contributed by atoms with Gasteiger partial charge in [0.15, 0.2) is 11.5 Å². The largest absolute Gasteiger partial charge is 0.486 e. The van der Waals surface area contributed by atoms with Crippen molar-refractivity contribution >= 4 is 23.4 Å². The zero-order valence-corrected chi connectivity index (χ0v) is 17.0. The number of anilines is 1. The second-order valence-electron chi connectivity index (χ2n) is 7.77. The number of ether oxygens (including phenoxy) is 2. The highest BCUT2D eigenvalue weighted by Crippen LogP contribution is 2.34. The molecule has 2 aromatic rings. The molecule has 4 rings (SSSR count). The maximum atomic E-state index is 13.0. The van der Waals surface area contributed by atoms with E-state index in [9.17, 15) is 14.4 Å². The van der Waals surface area contributed by atoms with Gasteiger partial charge in [-0.25, -0.2) is 0 Å². The van der Waals surface area contributed by atoms with Crippen LogP contribution in [0.15, 0.2) is 42.5 Å². The van der Waals surface area contributed by atoms with Gasteiger partial charge in [0.05, 0.1) is 11.7 Å². The Hall–Kier alpha value is -3.35. The van der Waals surface area contributed by atoms with Gasteiger partial charge in [0, 0.05) is 18.4 Å². The molecule has 0 aliphatic carbocycles. The molecule has 7 heteroatoms. The molecule has 0 saturated carbocycles. The van der Waals surface area contributed by atoms with E-state index in [1.165, 1.54) is 0 Å². The zero-order chi connectivity index (χ0) is 21.3. The fourth-order valence-electron chi connectivity index (χ4n) is 3.76. The topological polar surface area (TPSA) is 84.9 Å². The number of imide groups is 1. The average molecular weight is 408 g/mol. The summed E-state index contributed by atoms with van der Waals surface area (Å²) in [6.45, 7) is 5.07. The molecule has 2 heterocycles. The van der Waals surface area contributed by atoms with E-state index in [2.05, 4.69) is 5.32 Å². The van der Waals surface area contributed by atoms with Gasteiger partial charge in [-0.15, -0.1) is 0 Å². The van der Waals surface area contributed by atoms with Crippen molar-refractivity contribution in [3.63, 3.8) is 0 Å². The predicted octanol–water partition coefficient (Wildman–Crippen LogP) is 3.24. The lowest BCUT2D eigenvalue weighted by Gasteiger charge is -2.25. The molecule has 1 saturated heterocycles. The van der Waals surface area contributed by atoms with Crippen molar-refractivity contribution < 1.29 is 23.9 Å². The number of hydrogen-bond donors (Lipinski definition) is 1. The molecular formula is C23H24N2O5. The van der Waals surface area contributed by atoms with Gasteiger partial charge in [-0.3, -0.25) is 19.3 Å². The molecule has 2 aliphatic rings. The molecule has 156 valence electrons. The van der Waals surface area contributed by atoms with Crippen LogP contribution in [0.2, 0.25) is 0 Å². The van der Waals surface area contributed by atoms with Crippen molar-refractivity contribution in [3.8, 4) is 11.5 Å². The minimum absolute atomic E-state index is 0.126. The molecule has 0 spiro atoms. The smallest absolute Gasteiger partial charge is 0.251 e. The highest BCUT2D eigenvalue weighted by molar-refractivity contribution is 6.20. The third-order valence-corrected chi connectivity index (χ3v) is 5.30. The maximum Gasteiger partial charge on any atom is 0.251 e. The molecule has 2 aromatic carbocycles. The van der Waals surface area contributed by atoms with Gasteiger partial charge in [-0.2, -0.15) is 0 Å². The highest BCUT2D eigenvalue weighted by Gasteiger charge is 2.30. The molecule has 0 bridgehead atoms. The summed E-state index contributed by atoms with van der Waals surface area (Å²) < 4.78 is 11.2. The quantitative estimate of drug-likeness (QED) is 0.768. The van der Waals surface area contributed by atoms with Gasteiger partial charge < -0.3 is 14.8 Å². The normalized spacial score (nSPS) is 16.7. The molecule has 30 heavy (non-hydrogen) atoms. The van der Waals surface area contributed by atoms with Crippen LogP contribution in [-0.4, -0.2) is 30.9 Å². The van der Waals surface area contributed by atoms with Gasteiger partial charge in [0.2, 0.25) is 11.8 Å². The molecular weight excluding hydrogens is 384 g/mol. The van der Waals surface area contributed by atoms with Crippen LogP contribution in [0.5, 0.6) is 11.5 Å². The molecule has 0 aromatic heterocycles. The monoisotopic (exact) mass is 408 g/mol. The SMILES string of the molecule is CC(C)C(NC(=O)c1cccc(N2C(=O)CCC2=O)c1)c1ccc2c(c1)OCCO2. The molecule has 1 atom stereocenters. The molecule has 1 N–H and O–H groups in total. The lowest BCUT2D eigenvalue weighted by molar-refractivity contribution is -0.121. The molecule has 1 unspecified atom stereocenters. The number of fused-ring (bicyclic) bond motifs is 1. The van der Waals surface area contributed by atoms with Crippen LogP contribution in [0.4, 0.5) is 5.69 Å². The summed E-state index contributed by atoms with van der Waals surface area (Å²) in [7, 11) is 0. The minimum Gasteiger partial charge on any atom is -0.486 e. The Morgan fingerprint density at radius 2 is 1.67 bits per heavy atom. The Bertz CT molecular complexity index is 985. The van der Waals surface area contributed by atoms with Crippen molar-refractivity contribution in [3.05, 3.63) is 53.6 Å². The Morgan fingerprint density at radius 3 is 2.37 bits per heavy atom. The Balaban J connectivity index is 1.56. The van der Waals surface area contributed by atoms with Gasteiger partial charge in [0.1, 0.15) is 13.2 Å². The number of nitrogens with one attached hydrogen (secondary N) is 1. The standard InChI is InChI=1S/C23H24N2O5/c1-14(2)22(15-6-7-18-19(13-15)30-11-10-29-18)24-23(28)16-4-3-5-17(12-16)25-20(26)8-9-21(25)27/h3-7,12-14,22H,8-11H2,1-2H3,(H,24,28). The van der Waals surface area contributed by atoms with E-state index in [1.807, 2.05) is 32.0 Å². The van der Waals surface area contributed by atoms with Gasteiger partial charge >= 0.3 is 0 Å². The molecule has 7 nitrogen and oxygen atoms in total. The zero-order valence-electron chi connectivity index (χ0n) is 17.0. The van der Waals surface area contributed by atoms with Crippen LogP contribution >= 0.6 is 0 Å². The van der Waals surface area contributed by atoms with E-state index in [4.69, 9.17) is 9.47 Å². The van der Waals surface area contributed by atoms with E-state index in [-0.39, 0.29) is 42.5 Å². The van der Waals surface area contributed by atoms with Crippen molar-refractivity contribution in [1.82, 2.24) is 5.32 Å². The van der Waals surface area contributed by atoms with Crippen molar-refractivity contribution in [1.29, 1.82) is 0 Å². The number of carbonyl (C=O) groups excluding carboxylic acids is 3. The average Bonchev–Trinajstić information content (AvgIpc) is 3.09. The summed E-state index contributed by atoms with van der Waals surface area (Å²) in [6, 6.07) is 12.0. The summed E-state index contributed by atoms with van der Waals surface area (Å²) in [5.74, 6) is 0.743. The first-order valence-electron chi connectivity index (χ1n) is 10.1. The van der Waals surface area contributed by atoms with E-state index < -0.39 is 0 Å². The third kappa shape index (κ3) is 3.87. The number of amides is 3. The van der Waals surface area contributed by atoms with E-state index in [1.54, 1.807) is 24.3 Å². The summed E-state index contributed by atoms with van der Waals surface area (Å²) >= 11 is 0. The van der Waals surface area contributed by atoms with Crippen LogP contribution in [0.25, 0.3) is 0 Å². The van der Waals surface area contributed by atoms with Crippen LogP contribution in [0.1, 0.15) is 48.7 Å². The fourth-order valence-corrected chi connectivity index (χ4v) is 3.76. The Labute approximate surface area is 175 Å². The number of carbonyl (C=O) groups is 3. The summed E-state index contributed by atoms with van der Waals surface area (Å²) in [5, 5.41) is 3.07. The lowest BCUT2D eigenvalue weighted by Crippen LogP contribution is -2.32. The van der Waals surface area contributed by atoms with Crippen LogP contribution in [-0.2, 0) is 9.59 Å². The van der Waals surface area contributed by atoms with Crippen molar-refractivity contribution in [2.75, 3.05) is 18.1 Å². The van der Waals surface area contributed by atoms with E-state index in [0.717, 1.165) is 10.5 Å². The fraction of sp³-hybridized carbons (Fsp3) is 0.348. The number of hydrogen-bond acceptors (Lipinski definition) is 5. The summed E-state index contributed by atoms with van der Waals surface area (Å²) in [6.07, 6.45) is 0.406. The molecule has 1 fully saturated rings. The van der Waals surface area contributed by atoms with Crippen LogP contribution < -0.4 is 19.7 Å². The number of rotatable bonds is 5. The lowest BCUT2D eigenvalue weighted by atomic mass is 9.95. The third-order valence-electron chi connectivity index (χ3n) is 5.30. The highest BCUT2D eigenvalue weighted by atomic mass is 16.6. The predicted molar refractivity (Wildman–Crippen MR) is 111 cm³/mol. The maximum absolute atomic E-state index is 13.0. The second kappa shape index (κ2) is 8.18. The Kier molecular flexibility index (Phi) is 5.44. The molecule has 2 aliphatic heterocycles. The van der Waals surface area contributed by atoms with Crippen LogP contribution in [0.3, 0.4) is 0 Å². The molecule has 3 amide bonds. The summed E-state index contributed by atoms with van der Waals surface area (Å²) in [5.41, 5.74) is 1.74. The summed E-state index contributed by atoms with van der Waals surface area (Å²) in [4.78, 5) is 38.2. The van der Waals surface area contributed by atoms with Gasteiger partial charge in [-0.05, 0) is 41.8 Å². The van der Waals surface area contributed by atoms with Crippen LogP contribution in [0, 0.1) is 5.92 Å². The van der Waals surface area contributed by atoms with Crippen molar-refractivity contribution in [2.45, 2.75) is 32.7 Å². The van der Waals surface area contributed by atoms with Gasteiger partial charge in [0.25, 0.3) is 5.91 Å². The number of nitrogens with zero attached hydrogens (tertiary/aromatic N) is 1. The minimum atomic E-state index is -0.274. The second-order valence-corrected chi connectivity index (χ2v) is 7.77. The first-order chi connectivity index (χ1) is 14.4. The van der Waals surface area contributed by atoms with E-state index >= 15 is 0 Å². The van der Waals surface area contributed by atoms with E-state index in [0.29, 0.717) is 36.0 Å². The number of benzene rings is 2. The first kappa shape index (κ1) is 19.9. The van der Waals surface area contributed by atoms with Gasteiger partial charge in [-0.1, -0.05) is 26.0 Å². The Morgan fingerprint density at radius 1 is 0.967 bits per heavy atom. The first-order valence-corrected chi connectivity index (χ1v) is 10.1.